The number of hydrogen-bond donors (Lipinski definition) is 0. The third-order valence-corrected chi connectivity index (χ3v) is 8.13. The molecule has 3 aliphatic carbocycles. The van der Waals surface area contributed by atoms with Gasteiger partial charge in [0.2, 0.25) is 0 Å². The number of nitrogens with zero attached hydrogens (tertiary/aromatic N) is 2. The molecular weight excluding hydrogens is 296 g/mol. The van der Waals surface area contributed by atoms with E-state index in [0.29, 0.717) is 16.7 Å². The standard InChI is InChI=1S/C21H20N2O/c1-19-10-14-16-12-6-4-5-7-13(12)18-22-15(24)8-9-23(18)17(16)20(2,11-19)21(14,19)3/h4-9,14H,10-11H2,1-3H3. The summed E-state index contributed by atoms with van der Waals surface area (Å²) in [6.07, 6.45) is 4.47. The Kier molecular flexibility index (Phi) is 1.89. The Morgan fingerprint density at radius 3 is 2.62 bits per heavy atom. The maximum absolute atomic E-state index is 11.9. The van der Waals surface area contributed by atoms with Crippen molar-refractivity contribution in [2.75, 3.05) is 0 Å². The van der Waals surface area contributed by atoms with Gasteiger partial charge in [-0.25, -0.2) is 0 Å². The fourth-order valence-electron chi connectivity index (χ4n) is 6.90. The van der Waals surface area contributed by atoms with Crippen LogP contribution in [0.5, 0.6) is 0 Å². The lowest BCUT2D eigenvalue weighted by Gasteiger charge is -2.75. The first-order valence-corrected chi connectivity index (χ1v) is 8.85. The second-order valence-electron chi connectivity index (χ2n) is 8.80. The molecule has 3 nitrogen and oxygen atoms in total. The van der Waals surface area contributed by atoms with E-state index in [0.717, 1.165) is 11.0 Å². The van der Waals surface area contributed by atoms with Gasteiger partial charge in [-0.05, 0) is 40.5 Å². The normalized spacial score (nSPS) is 38.5. The van der Waals surface area contributed by atoms with Crippen LogP contribution in [0.2, 0.25) is 0 Å². The third-order valence-electron chi connectivity index (χ3n) is 8.13. The number of pyridine rings is 1. The minimum atomic E-state index is -0.157. The van der Waals surface area contributed by atoms with Crippen LogP contribution >= 0.6 is 0 Å². The molecule has 2 saturated carbocycles. The molecule has 0 radical (unpaired) electrons. The molecule has 2 aromatic heterocycles. The zero-order valence-corrected chi connectivity index (χ0v) is 14.3. The van der Waals surface area contributed by atoms with E-state index in [2.05, 4.69) is 48.4 Å². The van der Waals surface area contributed by atoms with Gasteiger partial charge < -0.3 is 4.40 Å². The molecule has 3 heteroatoms. The van der Waals surface area contributed by atoms with Crippen molar-refractivity contribution in [3.8, 4) is 0 Å². The van der Waals surface area contributed by atoms with Gasteiger partial charge in [0.25, 0.3) is 5.56 Å². The highest BCUT2D eigenvalue weighted by Crippen LogP contribution is 2.87. The summed E-state index contributed by atoms with van der Waals surface area (Å²) in [5, 5.41) is 2.41. The molecule has 2 heterocycles. The first-order valence-electron chi connectivity index (χ1n) is 8.85. The second-order valence-corrected chi connectivity index (χ2v) is 8.80. The number of fused-ring (bicyclic) bond motifs is 8. The van der Waals surface area contributed by atoms with E-state index in [9.17, 15) is 4.79 Å². The zero-order chi connectivity index (χ0) is 16.5. The van der Waals surface area contributed by atoms with Crippen LogP contribution in [0.1, 0.15) is 50.8 Å². The van der Waals surface area contributed by atoms with E-state index in [1.807, 2.05) is 12.3 Å². The van der Waals surface area contributed by atoms with Crippen molar-refractivity contribution in [2.45, 2.75) is 44.9 Å². The van der Waals surface area contributed by atoms with Gasteiger partial charge >= 0.3 is 0 Å². The topological polar surface area (TPSA) is 34.4 Å². The summed E-state index contributed by atoms with van der Waals surface area (Å²) < 4.78 is 2.22. The molecular formula is C21H20N2O. The molecule has 2 fully saturated rings. The summed E-state index contributed by atoms with van der Waals surface area (Å²) >= 11 is 0. The van der Waals surface area contributed by atoms with Gasteiger partial charge in [-0.15, -0.1) is 0 Å². The lowest BCUT2D eigenvalue weighted by atomic mass is 9.28. The Bertz CT molecular complexity index is 1150. The molecule has 0 bridgehead atoms. The van der Waals surface area contributed by atoms with Gasteiger partial charge in [-0.3, -0.25) is 4.79 Å². The number of hydrogen-bond acceptors (Lipinski definition) is 2. The minimum absolute atomic E-state index is 0.157. The van der Waals surface area contributed by atoms with Crippen molar-refractivity contribution < 1.29 is 0 Å². The van der Waals surface area contributed by atoms with Crippen LogP contribution in [0, 0.1) is 10.8 Å². The molecule has 0 N–H and O–H groups in total. The van der Waals surface area contributed by atoms with Crippen LogP contribution in [-0.4, -0.2) is 9.38 Å². The average molecular weight is 316 g/mol. The minimum Gasteiger partial charge on any atom is -0.304 e. The monoisotopic (exact) mass is 316 g/mol. The summed E-state index contributed by atoms with van der Waals surface area (Å²) in [6.45, 7) is 7.38. The highest BCUT2D eigenvalue weighted by Gasteiger charge is 2.81. The molecule has 0 saturated heterocycles. The Hall–Kier alpha value is -2.16. The van der Waals surface area contributed by atoms with Crippen molar-refractivity contribution in [3.63, 3.8) is 0 Å². The van der Waals surface area contributed by atoms with Crippen molar-refractivity contribution >= 4 is 16.4 Å². The summed E-state index contributed by atoms with van der Waals surface area (Å²) in [5.41, 5.74) is 4.56. The predicted molar refractivity (Wildman–Crippen MR) is 94.5 cm³/mol. The molecule has 4 unspecified atom stereocenters. The Balaban J connectivity index is 1.88. The molecule has 1 aromatic carbocycles. The largest absolute Gasteiger partial charge is 0.304 e. The van der Waals surface area contributed by atoms with E-state index >= 15 is 0 Å². The summed E-state index contributed by atoms with van der Waals surface area (Å²) in [6, 6.07) is 10.1. The molecule has 0 amide bonds. The van der Waals surface area contributed by atoms with Crippen LogP contribution in [0.3, 0.4) is 0 Å². The van der Waals surface area contributed by atoms with Gasteiger partial charge in [0.05, 0.1) is 0 Å². The van der Waals surface area contributed by atoms with Gasteiger partial charge in [0.1, 0.15) is 5.65 Å². The third kappa shape index (κ3) is 1.03. The summed E-state index contributed by atoms with van der Waals surface area (Å²) in [4.78, 5) is 16.3. The molecule has 120 valence electrons. The van der Waals surface area contributed by atoms with Gasteiger partial charge in [-0.2, -0.15) is 4.98 Å². The molecule has 4 atom stereocenters. The van der Waals surface area contributed by atoms with Crippen LogP contribution in [0.4, 0.5) is 0 Å². The van der Waals surface area contributed by atoms with Crippen molar-refractivity contribution in [1.29, 1.82) is 0 Å². The predicted octanol–water partition coefficient (Wildman–Crippen LogP) is 4.02. The number of rotatable bonds is 0. The van der Waals surface area contributed by atoms with E-state index in [4.69, 9.17) is 0 Å². The van der Waals surface area contributed by atoms with Crippen molar-refractivity contribution in [1.82, 2.24) is 9.38 Å². The van der Waals surface area contributed by atoms with Crippen molar-refractivity contribution in [2.24, 2.45) is 10.8 Å². The maximum atomic E-state index is 11.9. The van der Waals surface area contributed by atoms with E-state index in [-0.39, 0.29) is 11.0 Å². The lowest BCUT2D eigenvalue weighted by Crippen LogP contribution is -2.70. The Morgan fingerprint density at radius 2 is 1.88 bits per heavy atom. The van der Waals surface area contributed by atoms with Crippen LogP contribution in [0.25, 0.3) is 16.4 Å². The SMILES string of the molecule is CC12CC3c4c(n5ccc(=O)nc5c5ccccc45)C(C)(C1)C32C. The van der Waals surface area contributed by atoms with E-state index in [1.54, 1.807) is 6.07 Å². The Morgan fingerprint density at radius 1 is 1.12 bits per heavy atom. The van der Waals surface area contributed by atoms with Gasteiger partial charge in [-0.1, -0.05) is 45.0 Å². The van der Waals surface area contributed by atoms with Crippen LogP contribution in [0.15, 0.2) is 41.3 Å². The van der Waals surface area contributed by atoms with Crippen LogP contribution in [-0.2, 0) is 5.41 Å². The van der Waals surface area contributed by atoms with Gasteiger partial charge in [0, 0.05) is 28.8 Å². The van der Waals surface area contributed by atoms with E-state index < -0.39 is 0 Å². The fraction of sp³-hybridized carbons (Fsp3) is 0.429. The van der Waals surface area contributed by atoms with Gasteiger partial charge in [0.15, 0.2) is 0 Å². The van der Waals surface area contributed by atoms with Crippen molar-refractivity contribution in [3.05, 3.63) is 58.1 Å². The molecule has 3 aliphatic rings. The molecule has 24 heavy (non-hydrogen) atoms. The lowest BCUT2D eigenvalue weighted by molar-refractivity contribution is -0.228. The number of aromatic nitrogens is 2. The van der Waals surface area contributed by atoms with Crippen LogP contribution < -0.4 is 5.56 Å². The second kappa shape index (κ2) is 3.44. The quantitative estimate of drug-likeness (QED) is 0.587. The molecule has 0 aliphatic heterocycles. The highest BCUT2D eigenvalue weighted by molar-refractivity contribution is 5.98. The first kappa shape index (κ1) is 13.2. The highest BCUT2D eigenvalue weighted by atomic mass is 16.1. The molecule has 6 rings (SSSR count). The Labute approximate surface area is 140 Å². The zero-order valence-electron chi connectivity index (χ0n) is 14.3. The summed E-state index contributed by atoms with van der Waals surface area (Å²) in [5.74, 6) is 0.630. The smallest absolute Gasteiger partial charge is 0.273 e. The number of benzene rings is 1. The maximum Gasteiger partial charge on any atom is 0.273 e. The average Bonchev–Trinajstić information content (AvgIpc) is 2.66. The molecule has 0 spiro atoms. The van der Waals surface area contributed by atoms with E-state index in [1.165, 1.54) is 29.5 Å². The first-order chi connectivity index (χ1) is 11.4. The fourth-order valence-corrected chi connectivity index (χ4v) is 6.90. The molecule has 3 aromatic rings. The summed E-state index contributed by atoms with van der Waals surface area (Å²) in [7, 11) is 0.